The van der Waals surface area contributed by atoms with Gasteiger partial charge in [0, 0.05) is 39.0 Å². The summed E-state index contributed by atoms with van der Waals surface area (Å²) in [6, 6.07) is 7.71. The Hall–Kier alpha value is -2.81. The second kappa shape index (κ2) is 11.1. The molecule has 1 fully saturated rings. The zero-order valence-electron chi connectivity index (χ0n) is 15.9. The van der Waals surface area contributed by atoms with Crippen LogP contribution in [0.25, 0.3) is 0 Å². The summed E-state index contributed by atoms with van der Waals surface area (Å²) < 4.78 is 34.9. The maximum Gasteiger partial charge on any atom is 0.297 e. The molecule has 0 unspecified atom stereocenters. The van der Waals surface area contributed by atoms with E-state index in [0.717, 1.165) is 18.8 Å². The van der Waals surface area contributed by atoms with E-state index in [2.05, 4.69) is 24.9 Å². The predicted octanol–water partition coefficient (Wildman–Crippen LogP) is 3.19. The molecule has 0 bridgehead atoms. The number of methoxy groups -OCH3 is 1. The lowest BCUT2D eigenvalue weighted by Gasteiger charge is -2.18. The number of ether oxygens (including phenoxy) is 2. The van der Waals surface area contributed by atoms with Crippen molar-refractivity contribution in [3.8, 4) is 11.5 Å². The summed E-state index contributed by atoms with van der Waals surface area (Å²) in [6.45, 7) is 2.25. The molecular weight excluding hydrogens is 370 g/mol. The first-order valence-corrected chi connectivity index (χ1v) is 8.86. The van der Waals surface area contributed by atoms with Crippen LogP contribution in [-0.4, -0.2) is 49.7 Å². The predicted molar refractivity (Wildman–Crippen MR) is 101 cm³/mol. The van der Waals surface area contributed by atoms with Crippen molar-refractivity contribution in [1.82, 2.24) is 15.3 Å². The number of hydrogen-bond acceptors (Lipinski definition) is 6. The third kappa shape index (κ3) is 6.73. The summed E-state index contributed by atoms with van der Waals surface area (Å²) in [5, 5.41) is 2.40. The fourth-order valence-corrected chi connectivity index (χ4v) is 2.55. The largest absolute Gasteiger partial charge is 0.454 e. The summed E-state index contributed by atoms with van der Waals surface area (Å²) in [6.07, 6.45) is 2.26. The fourth-order valence-electron chi connectivity index (χ4n) is 2.55. The van der Waals surface area contributed by atoms with Gasteiger partial charge in [-0.05, 0) is 25.0 Å². The third-order valence-electron chi connectivity index (χ3n) is 3.92. The number of halogens is 2. The molecule has 1 saturated heterocycles. The second-order valence-electron chi connectivity index (χ2n) is 5.98. The molecule has 1 aliphatic heterocycles. The Morgan fingerprint density at radius 1 is 1.21 bits per heavy atom. The van der Waals surface area contributed by atoms with Crippen molar-refractivity contribution in [3.63, 3.8) is 0 Å². The van der Waals surface area contributed by atoms with Gasteiger partial charge in [0.15, 0.2) is 11.6 Å². The van der Waals surface area contributed by atoms with Crippen molar-refractivity contribution in [2.45, 2.75) is 19.3 Å². The highest BCUT2D eigenvalue weighted by atomic mass is 19.3. The van der Waals surface area contributed by atoms with Crippen LogP contribution in [0.1, 0.15) is 25.1 Å². The average molecular weight is 394 g/mol. The number of nitrogens with one attached hydrogen (secondary N) is 1. The Bertz CT molecular complexity index is 738. The van der Waals surface area contributed by atoms with E-state index in [9.17, 15) is 13.6 Å². The van der Waals surface area contributed by atoms with Gasteiger partial charge >= 0.3 is 0 Å². The van der Waals surface area contributed by atoms with E-state index in [1.54, 1.807) is 7.05 Å². The number of hydrogen-bond donors (Lipinski definition) is 1. The van der Waals surface area contributed by atoms with Gasteiger partial charge in [-0.3, -0.25) is 4.79 Å². The number of anilines is 1. The molecule has 9 heteroatoms. The molecule has 1 aromatic heterocycles. The van der Waals surface area contributed by atoms with Crippen LogP contribution in [0.4, 0.5) is 14.5 Å². The molecule has 0 aliphatic carbocycles. The first kappa shape index (κ1) is 21.5. The molecule has 0 spiro atoms. The highest BCUT2D eigenvalue weighted by molar-refractivity contribution is 5.76. The maximum absolute atomic E-state index is 12.4. The van der Waals surface area contributed by atoms with Gasteiger partial charge in [0.25, 0.3) is 6.43 Å². The van der Waals surface area contributed by atoms with Crippen LogP contribution in [0, 0.1) is 0 Å². The van der Waals surface area contributed by atoms with Gasteiger partial charge in [-0.15, -0.1) is 0 Å². The summed E-state index contributed by atoms with van der Waals surface area (Å²) in [5.41, 5.74) is 1.11. The maximum atomic E-state index is 12.4. The zero-order chi connectivity index (χ0) is 20.4. The van der Waals surface area contributed by atoms with Gasteiger partial charge in [-0.1, -0.05) is 6.07 Å². The summed E-state index contributed by atoms with van der Waals surface area (Å²) in [5.74, 6) is 0.404. The number of aromatic nitrogens is 2. The Balaban J connectivity index is 0.000000345. The standard InChI is InChI=1S/C15H15F2N3O.C4H9NO2/c16-14(17)15-18-9-13(10-19-15)21-12-5-3-4-11(8-12)20-6-1-2-7-20;1-5-4(6)3-7-2/h3-5,8-10,14H,1-2,6-7H2;3H2,1-2H3,(H,5,6). The molecule has 0 saturated carbocycles. The minimum absolute atomic E-state index is 0.0949. The van der Waals surface area contributed by atoms with E-state index >= 15 is 0 Å². The summed E-state index contributed by atoms with van der Waals surface area (Å²) >= 11 is 0. The molecule has 3 rings (SSSR count). The topological polar surface area (TPSA) is 76.6 Å². The van der Waals surface area contributed by atoms with Gasteiger partial charge in [-0.25, -0.2) is 18.7 Å². The number of amides is 1. The van der Waals surface area contributed by atoms with Crippen LogP contribution < -0.4 is 15.0 Å². The first-order chi connectivity index (χ1) is 13.5. The number of benzene rings is 1. The van der Waals surface area contributed by atoms with Crippen molar-refractivity contribution >= 4 is 11.6 Å². The van der Waals surface area contributed by atoms with Crippen molar-refractivity contribution in [1.29, 1.82) is 0 Å². The Labute approximate surface area is 162 Å². The lowest BCUT2D eigenvalue weighted by atomic mass is 10.3. The molecular formula is C19H24F2N4O3. The first-order valence-electron chi connectivity index (χ1n) is 8.86. The molecule has 28 heavy (non-hydrogen) atoms. The molecule has 7 nitrogen and oxygen atoms in total. The van der Waals surface area contributed by atoms with Crippen molar-refractivity contribution in [3.05, 3.63) is 42.5 Å². The van der Waals surface area contributed by atoms with Gasteiger partial charge in [0.2, 0.25) is 5.91 Å². The van der Waals surface area contributed by atoms with E-state index in [0.29, 0.717) is 11.5 Å². The number of likely N-dealkylation sites (N-methyl/N-ethyl adjacent to an activating group) is 1. The van der Waals surface area contributed by atoms with Crippen LogP contribution in [0.5, 0.6) is 11.5 Å². The highest BCUT2D eigenvalue weighted by Crippen LogP contribution is 2.27. The fraction of sp³-hybridized carbons (Fsp3) is 0.421. The number of alkyl halides is 2. The Kier molecular flexibility index (Phi) is 8.54. The normalized spacial score (nSPS) is 13.1. The minimum atomic E-state index is -2.67. The van der Waals surface area contributed by atoms with Crippen LogP contribution in [0.2, 0.25) is 0 Å². The van der Waals surface area contributed by atoms with Crippen LogP contribution in [-0.2, 0) is 9.53 Å². The lowest BCUT2D eigenvalue weighted by Crippen LogP contribution is -2.22. The summed E-state index contributed by atoms with van der Waals surface area (Å²) in [7, 11) is 3.05. The second-order valence-corrected chi connectivity index (χ2v) is 5.98. The van der Waals surface area contributed by atoms with Gasteiger partial charge < -0.3 is 19.7 Å². The average Bonchev–Trinajstić information content (AvgIpc) is 3.24. The number of carbonyl (C=O) groups excluding carboxylic acids is 1. The molecule has 0 atom stereocenters. The van der Waals surface area contributed by atoms with E-state index in [4.69, 9.17) is 4.74 Å². The van der Waals surface area contributed by atoms with E-state index in [1.165, 1.54) is 32.3 Å². The smallest absolute Gasteiger partial charge is 0.297 e. The molecule has 2 aromatic rings. The third-order valence-corrected chi connectivity index (χ3v) is 3.92. The zero-order valence-corrected chi connectivity index (χ0v) is 15.9. The van der Waals surface area contributed by atoms with Gasteiger partial charge in [0.1, 0.15) is 12.4 Å². The number of rotatable bonds is 6. The number of carbonyl (C=O) groups is 1. The van der Waals surface area contributed by atoms with Crippen LogP contribution in [0.15, 0.2) is 36.7 Å². The number of nitrogens with zero attached hydrogens (tertiary/aromatic N) is 3. The van der Waals surface area contributed by atoms with Crippen LogP contribution >= 0.6 is 0 Å². The van der Waals surface area contributed by atoms with E-state index in [1.807, 2.05) is 24.3 Å². The minimum Gasteiger partial charge on any atom is -0.454 e. The Morgan fingerprint density at radius 2 is 1.89 bits per heavy atom. The molecule has 1 amide bonds. The van der Waals surface area contributed by atoms with E-state index in [-0.39, 0.29) is 12.5 Å². The van der Waals surface area contributed by atoms with E-state index < -0.39 is 12.2 Å². The molecule has 1 aliphatic rings. The van der Waals surface area contributed by atoms with Crippen molar-refractivity contribution < 1.29 is 23.0 Å². The van der Waals surface area contributed by atoms with Crippen molar-refractivity contribution in [2.75, 3.05) is 38.8 Å². The summed E-state index contributed by atoms with van der Waals surface area (Å²) in [4.78, 5) is 19.6. The monoisotopic (exact) mass is 394 g/mol. The van der Waals surface area contributed by atoms with Crippen LogP contribution in [0.3, 0.4) is 0 Å². The molecule has 1 aromatic carbocycles. The lowest BCUT2D eigenvalue weighted by molar-refractivity contribution is -0.124. The molecule has 152 valence electrons. The highest BCUT2D eigenvalue weighted by Gasteiger charge is 2.13. The van der Waals surface area contributed by atoms with Gasteiger partial charge in [-0.2, -0.15) is 0 Å². The van der Waals surface area contributed by atoms with Crippen molar-refractivity contribution in [2.24, 2.45) is 0 Å². The molecule has 0 radical (unpaired) electrons. The molecule has 2 heterocycles. The van der Waals surface area contributed by atoms with Gasteiger partial charge in [0.05, 0.1) is 12.4 Å². The Morgan fingerprint density at radius 3 is 2.43 bits per heavy atom. The SMILES string of the molecule is CNC(=O)COC.FC(F)c1ncc(Oc2cccc(N3CCCC3)c2)cn1. The quantitative estimate of drug-likeness (QED) is 0.811. The molecule has 1 N–H and O–H groups in total.